The molecule has 3 aromatic rings. The number of esters is 1. The van der Waals surface area contributed by atoms with Gasteiger partial charge in [0.25, 0.3) is 5.56 Å². The Hall–Kier alpha value is -4.29. The average molecular weight is 778 g/mol. The zero-order valence-corrected chi connectivity index (χ0v) is 32.2. The molecule has 7 nitrogen and oxygen atoms in total. The summed E-state index contributed by atoms with van der Waals surface area (Å²) in [6, 6.07) is 3.21. The fourth-order valence-corrected chi connectivity index (χ4v) is 6.99. The molecule has 294 valence electrons. The summed E-state index contributed by atoms with van der Waals surface area (Å²) in [7, 11) is 3.58. The molecular weight excluding hydrogens is 729 g/mol. The molecule has 1 aromatic heterocycles. The minimum Gasteiger partial charge on any atom is -0.466 e. The monoisotopic (exact) mass is 777 g/mol. The molecule has 0 aliphatic carbocycles. The van der Waals surface area contributed by atoms with Gasteiger partial charge in [-0.2, -0.15) is 13.2 Å². The molecule has 3 rings (SSSR count). The predicted octanol–water partition coefficient (Wildman–Crippen LogP) is 9.34. The topological polar surface area (TPSA) is 80.6 Å². The molecule has 3 atom stereocenters. The first-order valence-corrected chi connectivity index (χ1v) is 18.2. The minimum absolute atomic E-state index is 0.0121. The Morgan fingerprint density at radius 3 is 2.37 bits per heavy atom. The summed E-state index contributed by atoms with van der Waals surface area (Å²) in [5.41, 5.74) is -0.324. The van der Waals surface area contributed by atoms with Crippen molar-refractivity contribution in [3.05, 3.63) is 117 Å². The van der Waals surface area contributed by atoms with Crippen LogP contribution in [0, 0.1) is 24.5 Å². The van der Waals surface area contributed by atoms with Gasteiger partial charge in [0, 0.05) is 24.4 Å². The smallest absolute Gasteiger partial charge is 0.416 e. The Morgan fingerprint density at radius 2 is 1.76 bits per heavy atom. The van der Waals surface area contributed by atoms with Gasteiger partial charge in [-0.15, -0.1) is 13.2 Å². The third-order valence-electron chi connectivity index (χ3n) is 8.94. The maximum Gasteiger partial charge on any atom is 0.416 e. The summed E-state index contributed by atoms with van der Waals surface area (Å²) in [4.78, 5) is 42.2. The van der Waals surface area contributed by atoms with Crippen LogP contribution in [0.25, 0.3) is 11.1 Å². The van der Waals surface area contributed by atoms with Crippen molar-refractivity contribution in [3.63, 3.8) is 0 Å². The van der Waals surface area contributed by atoms with Crippen molar-refractivity contribution in [2.75, 3.05) is 27.2 Å². The molecule has 0 spiro atoms. The van der Waals surface area contributed by atoms with Crippen molar-refractivity contribution in [2.45, 2.75) is 84.0 Å². The molecule has 0 aliphatic rings. The van der Waals surface area contributed by atoms with Gasteiger partial charge in [0.15, 0.2) is 0 Å². The molecule has 1 amide bonds. The molecule has 0 radical (unpaired) electrons. The van der Waals surface area contributed by atoms with E-state index in [9.17, 15) is 31.9 Å². The van der Waals surface area contributed by atoms with Gasteiger partial charge >= 0.3 is 12.1 Å². The Morgan fingerprint density at radius 1 is 1.06 bits per heavy atom. The number of nitrogens with zero attached hydrogens (tertiary/aromatic N) is 2. The molecule has 0 aliphatic heterocycles. The largest absolute Gasteiger partial charge is 0.466 e. The van der Waals surface area contributed by atoms with Crippen LogP contribution in [0.5, 0.6) is 0 Å². The first-order chi connectivity index (χ1) is 25.4. The Labute approximate surface area is 318 Å². The number of pyridine rings is 1. The SMILES string of the molecule is C=CCCCCc1cc(F)cc(C)c1-c1cc(Cl)c(F)c([C@H](CC(=O)OCC)NC(=O)[C@H](CC=C)n2cc(CC(C)CN(C)C)c(C(F)(F)F)cc2=O)c1. The number of ether oxygens (including phenoxy) is 1. The Kier molecular flexibility index (Phi) is 16.2. The maximum absolute atomic E-state index is 16.1. The van der Waals surface area contributed by atoms with Crippen LogP contribution in [0.3, 0.4) is 0 Å². The molecule has 1 heterocycles. The second-order valence-electron chi connectivity index (χ2n) is 13.8. The van der Waals surface area contributed by atoms with E-state index in [1.165, 1.54) is 30.3 Å². The molecule has 0 saturated heterocycles. The van der Waals surface area contributed by atoms with Gasteiger partial charge in [-0.05, 0) is 124 Å². The van der Waals surface area contributed by atoms with Crippen LogP contribution < -0.4 is 10.9 Å². The highest BCUT2D eigenvalue weighted by atomic mass is 35.5. The number of carbonyl (C=O) groups is 2. The number of aryl methyl sites for hydroxylation is 2. The molecule has 0 bridgehead atoms. The van der Waals surface area contributed by atoms with Crippen LogP contribution in [0.1, 0.15) is 85.9 Å². The lowest BCUT2D eigenvalue weighted by molar-refractivity contribution is -0.144. The lowest BCUT2D eigenvalue weighted by Gasteiger charge is -2.26. The van der Waals surface area contributed by atoms with E-state index in [-0.39, 0.29) is 41.5 Å². The van der Waals surface area contributed by atoms with Crippen LogP contribution in [0.4, 0.5) is 22.0 Å². The van der Waals surface area contributed by atoms with Gasteiger partial charge in [0.05, 0.1) is 29.7 Å². The highest BCUT2D eigenvalue weighted by Gasteiger charge is 2.36. The van der Waals surface area contributed by atoms with Crippen LogP contribution in [-0.4, -0.2) is 48.6 Å². The fourth-order valence-electron chi connectivity index (χ4n) is 6.76. The number of rotatable bonds is 19. The van der Waals surface area contributed by atoms with Gasteiger partial charge in [0.2, 0.25) is 5.91 Å². The third kappa shape index (κ3) is 11.9. The average Bonchev–Trinajstić information content (AvgIpc) is 3.06. The number of hydrogen-bond donors (Lipinski definition) is 1. The van der Waals surface area contributed by atoms with Gasteiger partial charge in [-0.1, -0.05) is 30.7 Å². The van der Waals surface area contributed by atoms with Crippen molar-refractivity contribution >= 4 is 23.5 Å². The van der Waals surface area contributed by atoms with E-state index in [2.05, 4.69) is 18.5 Å². The van der Waals surface area contributed by atoms with Gasteiger partial charge in [-0.3, -0.25) is 14.4 Å². The molecule has 54 heavy (non-hydrogen) atoms. The van der Waals surface area contributed by atoms with Crippen LogP contribution in [0.2, 0.25) is 5.02 Å². The van der Waals surface area contributed by atoms with E-state index >= 15 is 4.39 Å². The summed E-state index contributed by atoms with van der Waals surface area (Å²) in [5.74, 6) is -3.30. The number of hydrogen-bond acceptors (Lipinski definition) is 5. The number of carbonyl (C=O) groups excluding carboxylic acids is 2. The van der Waals surface area contributed by atoms with E-state index in [0.29, 0.717) is 41.3 Å². The molecule has 0 fully saturated rings. The first kappa shape index (κ1) is 44.1. The van der Waals surface area contributed by atoms with E-state index < -0.39 is 59.3 Å². The van der Waals surface area contributed by atoms with Crippen molar-refractivity contribution in [1.29, 1.82) is 0 Å². The Bertz CT molecular complexity index is 1870. The summed E-state index contributed by atoms with van der Waals surface area (Å²) in [6.45, 7) is 12.9. The van der Waals surface area contributed by atoms with Gasteiger partial charge in [-0.25, -0.2) is 8.78 Å². The van der Waals surface area contributed by atoms with Crippen LogP contribution in [0.15, 0.2) is 66.6 Å². The number of benzene rings is 2. The van der Waals surface area contributed by atoms with Gasteiger partial charge in [0.1, 0.15) is 17.7 Å². The molecule has 13 heteroatoms. The summed E-state index contributed by atoms with van der Waals surface area (Å²) >= 11 is 6.46. The lowest BCUT2D eigenvalue weighted by atomic mass is 9.89. The molecule has 1 unspecified atom stereocenters. The van der Waals surface area contributed by atoms with E-state index in [0.717, 1.165) is 30.0 Å². The summed E-state index contributed by atoms with van der Waals surface area (Å²) in [5, 5.41) is 2.32. The number of aromatic nitrogens is 1. The predicted molar refractivity (Wildman–Crippen MR) is 202 cm³/mol. The zero-order valence-electron chi connectivity index (χ0n) is 31.4. The quantitative estimate of drug-likeness (QED) is 0.0568. The maximum atomic E-state index is 16.1. The van der Waals surface area contributed by atoms with E-state index in [4.69, 9.17) is 16.3 Å². The second-order valence-corrected chi connectivity index (χ2v) is 14.2. The number of nitrogens with one attached hydrogen (secondary N) is 1. The summed E-state index contributed by atoms with van der Waals surface area (Å²) < 4.78 is 79.2. The number of halogens is 6. The molecular formula is C41H49ClF5N3O4. The minimum atomic E-state index is -4.83. The molecule has 1 N–H and O–H groups in total. The Balaban J connectivity index is 2.17. The van der Waals surface area contributed by atoms with Gasteiger partial charge < -0.3 is 19.5 Å². The fraction of sp³-hybridized carbons (Fsp3) is 0.439. The standard InChI is InChI=1S/C41H49ClF5N3O4/c1-8-11-12-13-15-27-18-30(43)17-26(5)38(27)28-19-31(39(44)33(42)20-28)34(22-37(52)54-10-3)48-40(53)35(14-9-2)50-24-29(16-25(4)23-49(6)7)32(21-36(50)51)41(45,46)47/h8-9,17-21,24-25,34-35H,1-2,10-16,22-23H2,3-7H3,(H,48,53)/t25?,34-,35-/m0/s1. The van der Waals surface area contributed by atoms with Crippen molar-refractivity contribution in [1.82, 2.24) is 14.8 Å². The molecule has 0 saturated carbocycles. The van der Waals surface area contributed by atoms with Crippen molar-refractivity contribution in [3.8, 4) is 11.1 Å². The first-order valence-electron chi connectivity index (χ1n) is 17.8. The van der Waals surface area contributed by atoms with Crippen LogP contribution >= 0.6 is 11.6 Å². The van der Waals surface area contributed by atoms with E-state index in [1.54, 1.807) is 40.9 Å². The van der Waals surface area contributed by atoms with E-state index in [1.807, 2.05) is 4.90 Å². The molecule has 2 aromatic carbocycles. The van der Waals surface area contributed by atoms with Crippen LogP contribution in [-0.2, 0) is 33.3 Å². The number of unbranched alkanes of at least 4 members (excludes halogenated alkanes) is 2. The number of alkyl halides is 3. The zero-order chi connectivity index (χ0) is 40.3. The van der Waals surface area contributed by atoms with Crippen molar-refractivity contribution in [2.24, 2.45) is 5.92 Å². The number of amides is 1. The third-order valence-corrected chi connectivity index (χ3v) is 9.22. The van der Waals surface area contributed by atoms with Crippen molar-refractivity contribution < 1.29 is 36.3 Å². The second kappa shape index (κ2) is 19.9. The highest BCUT2D eigenvalue weighted by molar-refractivity contribution is 6.31. The summed E-state index contributed by atoms with van der Waals surface area (Å²) in [6.07, 6.45) is 1.34. The number of allylic oxidation sites excluding steroid dienone is 2. The lowest BCUT2D eigenvalue weighted by Crippen LogP contribution is -2.40. The normalized spacial score (nSPS) is 13.3. The highest BCUT2D eigenvalue weighted by Crippen LogP contribution is 2.37.